The van der Waals surface area contributed by atoms with Crippen LogP contribution in [-0.2, 0) is 19.1 Å². The van der Waals surface area contributed by atoms with Gasteiger partial charge in [-0.1, -0.05) is 32.0 Å². The van der Waals surface area contributed by atoms with Gasteiger partial charge in [0.2, 0.25) is 5.91 Å². The predicted molar refractivity (Wildman–Crippen MR) is 118 cm³/mol. The summed E-state index contributed by atoms with van der Waals surface area (Å²) in [5.41, 5.74) is 0.323. The minimum Gasteiger partial charge on any atom is -0.451 e. The topological polar surface area (TPSA) is 84.5 Å². The molecular formula is C25H34N2O4. The highest BCUT2D eigenvalue weighted by Gasteiger charge is 2.55. The Bertz CT molecular complexity index is 800. The molecule has 0 spiro atoms. The van der Waals surface area contributed by atoms with Crippen molar-refractivity contribution in [2.45, 2.75) is 71.4 Å². The highest BCUT2D eigenvalue weighted by molar-refractivity contribution is 5.96. The van der Waals surface area contributed by atoms with Gasteiger partial charge in [0.25, 0.3) is 5.91 Å². The highest BCUT2D eigenvalue weighted by atomic mass is 16.5. The number of hydrogen-bond donors (Lipinski definition) is 2. The Labute approximate surface area is 184 Å². The molecule has 168 valence electrons. The molecule has 31 heavy (non-hydrogen) atoms. The third kappa shape index (κ3) is 4.63. The second-order valence-electron chi connectivity index (χ2n) is 10.3. The van der Waals surface area contributed by atoms with Crippen molar-refractivity contribution >= 4 is 23.5 Å². The molecule has 0 unspecified atom stereocenters. The average molecular weight is 427 g/mol. The van der Waals surface area contributed by atoms with E-state index in [0.29, 0.717) is 23.4 Å². The maximum absolute atomic E-state index is 13.4. The summed E-state index contributed by atoms with van der Waals surface area (Å²) in [7, 11) is 0. The first kappa shape index (κ1) is 21.8. The van der Waals surface area contributed by atoms with Crippen molar-refractivity contribution < 1.29 is 19.1 Å². The van der Waals surface area contributed by atoms with Gasteiger partial charge in [-0.3, -0.25) is 9.59 Å². The molecule has 0 aromatic heterocycles. The summed E-state index contributed by atoms with van der Waals surface area (Å²) in [6, 6.07) is 8.29. The van der Waals surface area contributed by atoms with Crippen molar-refractivity contribution in [2.24, 2.45) is 29.1 Å². The lowest BCUT2D eigenvalue weighted by molar-refractivity contribution is -0.160. The first-order valence-corrected chi connectivity index (χ1v) is 11.6. The van der Waals surface area contributed by atoms with Crippen LogP contribution in [0.15, 0.2) is 30.3 Å². The number of para-hydroxylation sites is 1. The molecule has 1 aromatic carbocycles. The summed E-state index contributed by atoms with van der Waals surface area (Å²) in [6.07, 6.45) is 5.66. The fourth-order valence-electron chi connectivity index (χ4n) is 6.25. The Morgan fingerprint density at radius 2 is 1.48 bits per heavy atom. The molecule has 4 bridgehead atoms. The predicted octanol–water partition coefficient (Wildman–Crippen LogP) is 3.91. The largest absolute Gasteiger partial charge is 0.451 e. The highest BCUT2D eigenvalue weighted by Crippen LogP contribution is 2.60. The minimum absolute atomic E-state index is 0.00337. The lowest BCUT2D eigenvalue weighted by Gasteiger charge is -2.55. The van der Waals surface area contributed by atoms with Gasteiger partial charge in [0, 0.05) is 11.1 Å². The Morgan fingerprint density at radius 3 is 2.00 bits per heavy atom. The molecule has 4 fully saturated rings. The second kappa shape index (κ2) is 8.64. The molecule has 0 radical (unpaired) electrons. The number of hydrogen-bond acceptors (Lipinski definition) is 4. The number of esters is 1. The Hall–Kier alpha value is -2.37. The van der Waals surface area contributed by atoms with Crippen molar-refractivity contribution in [3.8, 4) is 0 Å². The fraction of sp³-hybridized carbons (Fsp3) is 0.640. The normalized spacial score (nSPS) is 30.5. The molecule has 0 heterocycles. The lowest BCUT2D eigenvalue weighted by atomic mass is 9.49. The van der Waals surface area contributed by atoms with Crippen LogP contribution in [0.25, 0.3) is 0 Å². The van der Waals surface area contributed by atoms with Crippen LogP contribution < -0.4 is 10.6 Å². The lowest BCUT2D eigenvalue weighted by Crippen LogP contribution is -2.57. The van der Waals surface area contributed by atoms with E-state index in [2.05, 4.69) is 10.6 Å². The van der Waals surface area contributed by atoms with Gasteiger partial charge in [-0.05, 0) is 81.3 Å². The maximum atomic E-state index is 13.4. The first-order chi connectivity index (χ1) is 14.8. The smallest absolute Gasteiger partial charge is 0.329 e. The first-order valence-electron chi connectivity index (χ1n) is 11.6. The zero-order valence-electron chi connectivity index (χ0n) is 18.7. The van der Waals surface area contributed by atoms with E-state index in [0.717, 1.165) is 19.3 Å². The van der Waals surface area contributed by atoms with Gasteiger partial charge >= 0.3 is 5.97 Å². The van der Waals surface area contributed by atoms with Crippen LogP contribution in [0.3, 0.4) is 0 Å². The molecule has 0 aliphatic heterocycles. The number of carbonyl (C=O) groups excluding carboxylic acids is 3. The number of nitrogens with one attached hydrogen (secondary N) is 2. The number of rotatable bonds is 7. The van der Waals surface area contributed by atoms with E-state index in [-0.39, 0.29) is 17.2 Å². The summed E-state index contributed by atoms with van der Waals surface area (Å²) in [5, 5.41) is 5.76. The van der Waals surface area contributed by atoms with Gasteiger partial charge in [0.05, 0.1) is 0 Å². The molecular weight excluding hydrogens is 392 g/mol. The maximum Gasteiger partial charge on any atom is 0.329 e. The number of ether oxygens (including phenoxy) is 1. The summed E-state index contributed by atoms with van der Waals surface area (Å²) in [4.78, 5) is 38.7. The number of carbonyl (C=O) groups is 3. The van der Waals surface area contributed by atoms with Crippen molar-refractivity contribution in [3.63, 3.8) is 0 Å². The summed E-state index contributed by atoms with van der Waals surface area (Å²) < 4.78 is 5.46. The third-order valence-corrected chi connectivity index (χ3v) is 7.43. The zero-order valence-corrected chi connectivity index (χ0v) is 18.7. The second-order valence-corrected chi connectivity index (χ2v) is 10.3. The van der Waals surface area contributed by atoms with Crippen LogP contribution in [0.5, 0.6) is 0 Å². The molecule has 4 aliphatic rings. The van der Waals surface area contributed by atoms with Gasteiger partial charge in [0.1, 0.15) is 6.04 Å². The quantitative estimate of drug-likeness (QED) is 0.648. The zero-order chi connectivity index (χ0) is 22.2. The van der Waals surface area contributed by atoms with Gasteiger partial charge < -0.3 is 15.4 Å². The van der Waals surface area contributed by atoms with Crippen LogP contribution >= 0.6 is 0 Å². The Balaban J connectivity index is 1.37. The third-order valence-electron chi connectivity index (χ3n) is 7.43. The molecule has 4 saturated carbocycles. The van der Waals surface area contributed by atoms with Gasteiger partial charge in [-0.2, -0.15) is 0 Å². The van der Waals surface area contributed by atoms with E-state index in [4.69, 9.17) is 4.74 Å². The molecule has 6 nitrogen and oxygen atoms in total. The Morgan fingerprint density at radius 1 is 0.935 bits per heavy atom. The van der Waals surface area contributed by atoms with Crippen LogP contribution in [0.1, 0.15) is 59.3 Å². The molecule has 2 N–H and O–H groups in total. The standard InChI is InChI=1S/C25H34N2O4/c1-15(2)21(23(29)31-16(3)22(28)26-20-7-5-4-6-8-20)27-24(30)25-12-17-9-18(13-25)11-19(10-17)14-25/h4-8,15-19,21H,9-14H2,1-3H3,(H,26,28)(H,27,30)/t16-,17?,18?,19?,21-,25?/m0/s1. The van der Waals surface area contributed by atoms with Gasteiger partial charge in [0.15, 0.2) is 6.10 Å². The van der Waals surface area contributed by atoms with E-state index in [1.165, 1.54) is 19.3 Å². The Kier molecular flexibility index (Phi) is 6.09. The molecule has 5 rings (SSSR count). The van der Waals surface area contributed by atoms with Crippen molar-refractivity contribution in [1.82, 2.24) is 5.32 Å². The van der Waals surface area contributed by atoms with E-state index in [9.17, 15) is 14.4 Å². The number of amides is 2. The molecule has 6 heteroatoms. The molecule has 1 aromatic rings. The summed E-state index contributed by atoms with van der Waals surface area (Å²) >= 11 is 0. The molecule has 0 saturated heterocycles. The number of benzene rings is 1. The molecule has 2 amide bonds. The SMILES string of the molecule is CC(C)[C@H](NC(=O)C12CC3CC(CC(C3)C1)C2)C(=O)O[C@@H](C)C(=O)Nc1ccccc1. The fourth-order valence-corrected chi connectivity index (χ4v) is 6.25. The van der Waals surface area contributed by atoms with E-state index >= 15 is 0 Å². The monoisotopic (exact) mass is 426 g/mol. The van der Waals surface area contributed by atoms with Gasteiger partial charge in [-0.15, -0.1) is 0 Å². The summed E-state index contributed by atoms with van der Waals surface area (Å²) in [6.45, 7) is 5.33. The summed E-state index contributed by atoms with van der Waals surface area (Å²) in [5.74, 6) is 0.895. The van der Waals surface area contributed by atoms with E-state index in [1.54, 1.807) is 19.1 Å². The van der Waals surface area contributed by atoms with Crippen molar-refractivity contribution in [2.75, 3.05) is 5.32 Å². The van der Waals surface area contributed by atoms with Crippen molar-refractivity contribution in [3.05, 3.63) is 30.3 Å². The average Bonchev–Trinajstić information content (AvgIpc) is 2.71. The van der Waals surface area contributed by atoms with Gasteiger partial charge in [-0.25, -0.2) is 4.79 Å². The molecule has 4 aliphatic carbocycles. The number of anilines is 1. The van der Waals surface area contributed by atoms with Crippen LogP contribution in [0.2, 0.25) is 0 Å². The minimum atomic E-state index is -0.953. The molecule has 2 atom stereocenters. The van der Waals surface area contributed by atoms with E-state index < -0.39 is 24.0 Å². The van der Waals surface area contributed by atoms with Crippen molar-refractivity contribution in [1.29, 1.82) is 0 Å². The van der Waals surface area contributed by atoms with Crippen LogP contribution in [0.4, 0.5) is 5.69 Å². The van der Waals surface area contributed by atoms with E-state index in [1.807, 2.05) is 32.0 Å². The van der Waals surface area contributed by atoms with Crippen LogP contribution in [-0.4, -0.2) is 29.9 Å². The van der Waals surface area contributed by atoms with Crippen LogP contribution in [0, 0.1) is 29.1 Å².